The average Bonchev–Trinajstić information content (AvgIpc) is 2.35. The number of anilines is 1. The van der Waals surface area contributed by atoms with E-state index in [1.165, 1.54) is 24.3 Å². The van der Waals surface area contributed by atoms with Crippen molar-refractivity contribution in [3.05, 3.63) is 24.3 Å². The van der Waals surface area contributed by atoms with Crippen molar-refractivity contribution >= 4 is 15.5 Å². The highest BCUT2D eigenvalue weighted by atomic mass is 32.2. The number of sulfone groups is 1. The summed E-state index contributed by atoms with van der Waals surface area (Å²) in [7, 11) is -2.68. The van der Waals surface area contributed by atoms with Gasteiger partial charge >= 0.3 is 5.76 Å². The number of benzene rings is 1. The molecule has 1 aromatic carbocycles. The first-order valence-electron chi connectivity index (χ1n) is 5.84. The van der Waals surface area contributed by atoms with Crippen molar-refractivity contribution in [2.24, 2.45) is 5.73 Å². The summed E-state index contributed by atoms with van der Waals surface area (Å²) in [6.07, 6.45) is 0.785. The van der Waals surface area contributed by atoms with Gasteiger partial charge in [-0.1, -0.05) is 0 Å². The first-order valence-corrected chi connectivity index (χ1v) is 7.38. The molecule has 1 aromatic rings. The maximum absolute atomic E-state index is 12.4. The molecule has 7 heteroatoms. The zero-order valence-electron chi connectivity index (χ0n) is 10.9. The van der Waals surface area contributed by atoms with Crippen molar-refractivity contribution in [2.45, 2.75) is 30.0 Å². The largest absolute Gasteiger partial charge is 0.375 e. The lowest BCUT2D eigenvalue weighted by molar-refractivity contribution is 0.234. The first kappa shape index (κ1) is 15.8. The highest BCUT2D eigenvalue weighted by molar-refractivity contribution is 7.91. The molecule has 0 saturated heterocycles. The topological polar surface area (TPSA) is 63.4 Å². The average molecular weight is 292 g/mol. The Morgan fingerprint density at radius 3 is 2.21 bits per heavy atom. The molecular formula is C12H18F2N2O2S. The summed E-state index contributed by atoms with van der Waals surface area (Å²) in [5.41, 5.74) is 6.40. The Labute approximate surface area is 112 Å². The minimum Gasteiger partial charge on any atom is -0.375 e. The molecule has 19 heavy (non-hydrogen) atoms. The summed E-state index contributed by atoms with van der Waals surface area (Å²) in [5.74, 6) is -3.39. The van der Waals surface area contributed by atoms with E-state index in [0.29, 0.717) is 6.54 Å². The van der Waals surface area contributed by atoms with Gasteiger partial charge in [0.1, 0.15) is 0 Å². The molecule has 2 N–H and O–H groups in total. The lowest BCUT2D eigenvalue weighted by Crippen LogP contribution is -2.25. The van der Waals surface area contributed by atoms with Crippen LogP contribution in [0, 0.1) is 0 Å². The molecule has 0 spiro atoms. The molecule has 0 saturated carbocycles. The van der Waals surface area contributed by atoms with Crippen molar-refractivity contribution in [1.29, 1.82) is 0 Å². The smallest absolute Gasteiger partial charge is 0.341 e. The van der Waals surface area contributed by atoms with Crippen LogP contribution in [-0.2, 0) is 9.84 Å². The lowest BCUT2D eigenvalue weighted by atomic mass is 10.2. The van der Waals surface area contributed by atoms with Gasteiger partial charge in [-0.05, 0) is 37.6 Å². The third-order valence-electron chi connectivity index (χ3n) is 2.76. The molecule has 0 heterocycles. The van der Waals surface area contributed by atoms with Crippen LogP contribution in [0.15, 0.2) is 29.2 Å². The highest BCUT2D eigenvalue weighted by Gasteiger charge is 2.26. The predicted molar refractivity (Wildman–Crippen MR) is 71.2 cm³/mol. The second kappa shape index (κ2) is 6.29. The van der Waals surface area contributed by atoms with Crippen LogP contribution in [0.4, 0.5) is 14.5 Å². The molecule has 0 aliphatic rings. The Bertz CT molecular complexity index is 501. The van der Waals surface area contributed by atoms with E-state index in [2.05, 4.69) is 0 Å². The van der Waals surface area contributed by atoms with E-state index in [4.69, 9.17) is 5.73 Å². The molecule has 1 atom stereocenters. The van der Waals surface area contributed by atoms with Crippen LogP contribution in [0.5, 0.6) is 0 Å². The minimum atomic E-state index is -4.52. The van der Waals surface area contributed by atoms with Gasteiger partial charge in [0.05, 0.1) is 4.90 Å². The molecule has 0 fully saturated rings. The van der Waals surface area contributed by atoms with Gasteiger partial charge < -0.3 is 10.6 Å². The highest BCUT2D eigenvalue weighted by Crippen LogP contribution is 2.21. The zero-order chi connectivity index (χ0) is 14.6. The van der Waals surface area contributed by atoms with Crippen LogP contribution in [-0.4, -0.2) is 33.8 Å². The fourth-order valence-corrected chi connectivity index (χ4v) is 2.24. The molecular weight excluding hydrogens is 274 g/mol. The van der Waals surface area contributed by atoms with E-state index in [1.807, 2.05) is 18.9 Å². The van der Waals surface area contributed by atoms with Crippen LogP contribution in [0.1, 0.15) is 13.3 Å². The standard InChI is InChI=1S/C12H18F2N2O2S/c1-9(15)7-8-16(2)10-3-5-11(6-4-10)19(17,18)12(13)14/h3-6,9,12H,7-8,15H2,1-2H3. The quantitative estimate of drug-likeness (QED) is 0.869. The van der Waals surface area contributed by atoms with E-state index in [1.54, 1.807) is 0 Å². The summed E-state index contributed by atoms with van der Waals surface area (Å²) in [5, 5.41) is 0. The van der Waals surface area contributed by atoms with E-state index in [-0.39, 0.29) is 10.9 Å². The molecule has 4 nitrogen and oxygen atoms in total. The number of rotatable bonds is 6. The molecule has 0 aliphatic carbocycles. The van der Waals surface area contributed by atoms with Gasteiger partial charge in [-0.25, -0.2) is 8.42 Å². The van der Waals surface area contributed by atoms with Crippen molar-refractivity contribution in [3.63, 3.8) is 0 Å². The molecule has 0 bridgehead atoms. The second-order valence-corrected chi connectivity index (χ2v) is 6.40. The zero-order valence-corrected chi connectivity index (χ0v) is 11.7. The molecule has 108 valence electrons. The fourth-order valence-electron chi connectivity index (χ4n) is 1.52. The van der Waals surface area contributed by atoms with Gasteiger partial charge in [0, 0.05) is 25.3 Å². The summed E-state index contributed by atoms with van der Waals surface area (Å²) in [6, 6.07) is 5.48. The van der Waals surface area contributed by atoms with Gasteiger partial charge in [0.2, 0.25) is 9.84 Å². The number of alkyl halides is 2. The predicted octanol–water partition coefficient (Wildman–Crippen LogP) is 1.86. The normalized spacial score (nSPS) is 13.6. The van der Waals surface area contributed by atoms with Crippen LogP contribution < -0.4 is 10.6 Å². The van der Waals surface area contributed by atoms with E-state index in [0.717, 1.165) is 12.1 Å². The van der Waals surface area contributed by atoms with E-state index in [9.17, 15) is 17.2 Å². The van der Waals surface area contributed by atoms with Crippen LogP contribution >= 0.6 is 0 Å². The Balaban J connectivity index is 2.82. The summed E-state index contributed by atoms with van der Waals surface area (Å²) in [4.78, 5) is 1.52. The summed E-state index contributed by atoms with van der Waals surface area (Å²) < 4.78 is 47.2. The molecule has 1 rings (SSSR count). The molecule has 0 aromatic heterocycles. The maximum Gasteiger partial charge on any atom is 0.341 e. The van der Waals surface area contributed by atoms with Crippen LogP contribution in [0.3, 0.4) is 0 Å². The van der Waals surface area contributed by atoms with Crippen molar-refractivity contribution in [2.75, 3.05) is 18.5 Å². The number of hydrogen-bond donors (Lipinski definition) is 1. The van der Waals surface area contributed by atoms with Gasteiger partial charge in [0.15, 0.2) is 0 Å². The summed E-state index contributed by atoms with van der Waals surface area (Å²) >= 11 is 0. The van der Waals surface area contributed by atoms with E-state index < -0.39 is 15.6 Å². The van der Waals surface area contributed by atoms with Crippen LogP contribution in [0.25, 0.3) is 0 Å². The number of halogens is 2. The first-order chi connectivity index (χ1) is 8.75. The van der Waals surface area contributed by atoms with Crippen molar-refractivity contribution < 1.29 is 17.2 Å². The van der Waals surface area contributed by atoms with Gasteiger partial charge in [-0.15, -0.1) is 0 Å². The monoisotopic (exact) mass is 292 g/mol. The van der Waals surface area contributed by atoms with Gasteiger partial charge in [-0.2, -0.15) is 8.78 Å². The molecule has 0 radical (unpaired) electrons. The molecule has 0 aliphatic heterocycles. The van der Waals surface area contributed by atoms with Crippen molar-refractivity contribution in [1.82, 2.24) is 0 Å². The lowest BCUT2D eigenvalue weighted by Gasteiger charge is -2.20. The Morgan fingerprint density at radius 1 is 1.26 bits per heavy atom. The Morgan fingerprint density at radius 2 is 1.79 bits per heavy atom. The Kier molecular flexibility index (Phi) is 5.25. The number of nitrogens with two attached hydrogens (primary N) is 1. The summed E-state index contributed by atoms with van der Waals surface area (Å²) in [6.45, 7) is 2.60. The fraction of sp³-hybridized carbons (Fsp3) is 0.500. The number of nitrogens with zero attached hydrogens (tertiary/aromatic N) is 1. The van der Waals surface area contributed by atoms with Gasteiger partial charge in [0.25, 0.3) is 0 Å². The maximum atomic E-state index is 12.4. The molecule has 0 amide bonds. The minimum absolute atomic E-state index is 0.0703. The van der Waals surface area contributed by atoms with Crippen molar-refractivity contribution in [3.8, 4) is 0 Å². The second-order valence-electron chi connectivity index (χ2n) is 4.49. The third kappa shape index (κ3) is 4.14. The van der Waals surface area contributed by atoms with Gasteiger partial charge in [-0.3, -0.25) is 0 Å². The van der Waals surface area contributed by atoms with E-state index >= 15 is 0 Å². The SMILES string of the molecule is CC(N)CCN(C)c1ccc(S(=O)(=O)C(F)F)cc1. The van der Waals surface area contributed by atoms with Crippen LogP contribution in [0.2, 0.25) is 0 Å². The molecule has 1 unspecified atom stereocenters. The third-order valence-corrected chi connectivity index (χ3v) is 4.16. The number of hydrogen-bond acceptors (Lipinski definition) is 4. The Hall–Kier alpha value is -1.21.